The Labute approximate surface area is 175 Å². The molecule has 0 saturated carbocycles. The van der Waals surface area contributed by atoms with Crippen molar-refractivity contribution in [3.8, 4) is 0 Å². The van der Waals surface area contributed by atoms with Gasteiger partial charge in [-0.25, -0.2) is 4.68 Å². The summed E-state index contributed by atoms with van der Waals surface area (Å²) in [6.45, 7) is 0.955. The number of amides is 1. The maximum absolute atomic E-state index is 13.8. The lowest BCUT2D eigenvalue weighted by Crippen LogP contribution is -2.37. The number of carbonyl (C=O) groups excluding carboxylic acids is 1. The van der Waals surface area contributed by atoms with Crippen molar-refractivity contribution in [3.05, 3.63) is 69.5 Å². The molecule has 5 nitrogen and oxygen atoms in total. The van der Waals surface area contributed by atoms with Crippen LogP contribution in [-0.2, 0) is 13.0 Å². The van der Waals surface area contributed by atoms with Crippen LogP contribution in [0.25, 0.3) is 0 Å². The summed E-state index contributed by atoms with van der Waals surface area (Å²) in [5, 5.41) is 9.07. The van der Waals surface area contributed by atoms with Gasteiger partial charge in [-0.1, -0.05) is 30.3 Å². The molecule has 0 bridgehead atoms. The molecule has 2 atom stereocenters. The van der Waals surface area contributed by atoms with Crippen LogP contribution in [0.2, 0.25) is 0 Å². The number of anilines is 1. The summed E-state index contributed by atoms with van der Waals surface area (Å²) in [4.78, 5) is 15.5. The lowest BCUT2D eigenvalue weighted by molar-refractivity contribution is -0.173. The summed E-state index contributed by atoms with van der Waals surface area (Å²) >= 11 is 1.41. The quantitative estimate of drug-likeness (QED) is 0.633. The van der Waals surface area contributed by atoms with Crippen LogP contribution in [0.1, 0.15) is 45.0 Å². The van der Waals surface area contributed by atoms with E-state index in [1.165, 1.54) is 23.0 Å². The van der Waals surface area contributed by atoms with Crippen LogP contribution in [0.5, 0.6) is 0 Å². The lowest BCUT2D eigenvalue weighted by Gasteiger charge is -2.32. The molecule has 0 radical (unpaired) electrons. The second kappa shape index (κ2) is 7.16. The second-order valence-electron chi connectivity index (χ2n) is 7.61. The summed E-state index contributed by atoms with van der Waals surface area (Å²) in [6, 6.07) is 10.7. The normalized spacial score (nSPS) is 21.0. The standard InChI is InChI=1S/C21H19F3N4OS/c22-21(23,24)18-10-15(17-6-3-9-30-17)25-19-11-16(26-28(18)19)20(29)27-8-7-13-4-1-2-5-14(13)12-27/h1-6,9,11,15,18,25H,7-8,10,12H2/t15-,18-/m1/s1. The Morgan fingerprint density at radius 2 is 1.97 bits per heavy atom. The minimum absolute atomic E-state index is 0.0398. The topological polar surface area (TPSA) is 50.2 Å². The number of carbonyl (C=O) groups is 1. The lowest BCUT2D eigenvalue weighted by atomic mass is 10.00. The maximum Gasteiger partial charge on any atom is 0.410 e. The van der Waals surface area contributed by atoms with Crippen LogP contribution in [0, 0.1) is 0 Å². The fourth-order valence-corrected chi connectivity index (χ4v) is 4.98. The van der Waals surface area contributed by atoms with E-state index < -0.39 is 18.3 Å². The second-order valence-corrected chi connectivity index (χ2v) is 8.59. The van der Waals surface area contributed by atoms with E-state index in [9.17, 15) is 18.0 Å². The number of nitrogens with one attached hydrogen (secondary N) is 1. The smallest absolute Gasteiger partial charge is 0.363 e. The molecular weight excluding hydrogens is 413 g/mol. The van der Waals surface area contributed by atoms with E-state index in [0.29, 0.717) is 13.1 Å². The predicted molar refractivity (Wildman–Crippen MR) is 108 cm³/mol. The number of thiophene rings is 1. The van der Waals surface area contributed by atoms with Gasteiger partial charge >= 0.3 is 6.18 Å². The molecule has 3 aromatic rings. The van der Waals surface area contributed by atoms with Crippen molar-refractivity contribution in [2.45, 2.75) is 37.6 Å². The minimum Gasteiger partial charge on any atom is -0.363 e. The highest BCUT2D eigenvalue weighted by atomic mass is 32.1. The van der Waals surface area contributed by atoms with E-state index in [1.54, 1.807) is 4.90 Å². The highest BCUT2D eigenvalue weighted by Crippen LogP contribution is 2.44. The zero-order chi connectivity index (χ0) is 20.9. The first-order valence-electron chi connectivity index (χ1n) is 9.72. The van der Waals surface area contributed by atoms with Gasteiger partial charge in [-0.2, -0.15) is 18.3 Å². The Hall–Kier alpha value is -2.81. The van der Waals surface area contributed by atoms with Crippen LogP contribution >= 0.6 is 11.3 Å². The van der Waals surface area contributed by atoms with Gasteiger partial charge in [0.05, 0.1) is 6.04 Å². The summed E-state index contributed by atoms with van der Waals surface area (Å²) in [5.74, 6) is -0.121. The fraction of sp³-hybridized carbons (Fsp3) is 0.333. The number of alkyl halides is 3. The average molecular weight is 432 g/mol. The fourth-order valence-electron chi connectivity index (χ4n) is 4.19. The zero-order valence-electron chi connectivity index (χ0n) is 15.9. The minimum atomic E-state index is -4.46. The van der Waals surface area contributed by atoms with Crippen LogP contribution in [-0.4, -0.2) is 33.3 Å². The first kappa shape index (κ1) is 19.2. The van der Waals surface area contributed by atoms with E-state index in [4.69, 9.17) is 0 Å². The molecule has 2 aromatic heterocycles. The van der Waals surface area contributed by atoms with Crippen molar-refractivity contribution in [1.82, 2.24) is 14.7 Å². The summed E-state index contributed by atoms with van der Waals surface area (Å²) in [6.07, 6.45) is -3.90. The van der Waals surface area contributed by atoms with Crippen LogP contribution in [0.4, 0.5) is 19.0 Å². The number of hydrogen-bond acceptors (Lipinski definition) is 4. The van der Waals surface area contributed by atoms with Crippen LogP contribution in [0.15, 0.2) is 47.8 Å². The van der Waals surface area contributed by atoms with Crippen molar-refractivity contribution < 1.29 is 18.0 Å². The summed E-state index contributed by atoms with van der Waals surface area (Å²) in [5.41, 5.74) is 2.30. The SMILES string of the molecule is O=C(c1cc2n(n1)[C@@H](C(F)(F)F)C[C@H](c1cccs1)N2)N1CCc2ccccc2C1. The number of hydrogen-bond donors (Lipinski definition) is 1. The molecule has 1 N–H and O–H groups in total. The number of rotatable bonds is 2. The third-order valence-electron chi connectivity index (χ3n) is 5.71. The van der Waals surface area contributed by atoms with E-state index in [1.807, 2.05) is 41.8 Å². The Kier molecular flexibility index (Phi) is 4.57. The molecule has 0 unspecified atom stereocenters. The number of benzene rings is 1. The van der Waals surface area contributed by atoms with Crippen molar-refractivity contribution in [2.24, 2.45) is 0 Å². The van der Waals surface area contributed by atoms with Crippen molar-refractivity contribution in [1.29, 1.82) is 0 Å². The Bertz CT molecular complexity index is 1080. The average Bonchev–Trinajstić information content (AvgIpc) is 3.41. The van der Waals surface area contributed by atoms with Gasteiger partial charge < -0.3 is 10.2 Å². The van der Waals surface area contributed by atoms with E-state index in [-0.39, 0.29) is 23.8 Å². The highest BCUT2D eigenvalue weighted by molar-refractivity contribution is 7.10. The molecule has 30 heavy (non-hydrogen) atoms. The molecule has 156 valence electrons. The molecule has 9 heteroatoms. The van der Waals surface area contributed by atoms with Crippen molar-refractivity contribution in [2.75, 3.05) is 11.9 Å². The Balaban J connectivity index is 1.44. The molecule has 1 aromatic carbocycles. The molecule has 0 aliphatic carbocycles. The van der Waals surface area contributed by atoms with E-state index in [0.717, 1.165) is 21.5 Å². The first-order valence-corrected chi connectivity index (χ1v) is 10.6. The van der Waals surface area contributed by atoms with Crippen molar-refractivity contribution in [3.63, 3.8) is 0 Å². The van der Waals surface area contributed by atoms with Gasteiger partial charge in [0.25, 0.3) is 5.91 Å². The van der Waals surface area contributed by atoms with Gasteiger partial charge in [0, 0.05) is 30.5 Å². The number of fused-ring (bicyclic) bond motifs is 2. The van der Waals surface area contributed by atoms with Gasteiger partial charge in [-0.3, -0.25) is 4.79 Å². The number of halogens is 3. The predicted octanol–water partition coefficient (Wildman–Crippen LogP) is 4.80. The molecule has 2 aliphatic rings. The highest BCUT2D eigenvalue weighted by Gasteiger charge is 2.47. The number of nitrogens with zero attached hydrogens (tertiary/aromatic N) is 3. The molecule has 5 rings (SSSR count). The first-order chi connectivity index (χ1) is 14.4. The largest absolute Gasteiger partial charge is 0.410 e. The van der Waals surface area contributed by atoms with Crippen LogP contribution in [0.3, 0.4) is 0 Å². The third-order valence-corrected chi connectivity index (χ3v) is 6.70. The number of aromatic nitrogens is 2. The zero-order valence-corrected chi connectivity index (χ0v) is 16.7. The molecule has 0 fully saturated rings. The Morgan fingerprint density at radius 3 is 2.70 bits per heavy atom. The van der Waals surface area contributed by atoms with Gasteiger partial charge in [-0.15, -0.1) is 11.3 Å². The van der Waals surface area contributed by atoms with Gasteiger partial charge in [0.1, 0.15) is 5.82 Å². The van der Waals surface area contributed by atoms with Gasteiger partial charge in [0.2, 0.25) is 0 Å². The Morgan fingerprint density at radius 1 is 1.17 bits per heavy atom. The third kappa shape index (κ3) is 3.36. The molecule has 2 aliphatic heterocycles. The van der Waals surface area contributed by atoms with Crippen LogP contribution < -0.4 is 5.32 Å². The maximum atomic E-state index is 13.8. The monoisotopic (exact) mass is 432 g/mol. The molecule has 4 heterocycles. The summed E-state index contributed by atoms with van der Waals surface area (Å²) < 4.78 is 42.3. The molecular formula is C21H19F3N4OS. The van der Waals surface area contributed by atoms with E-state index in [2.05, 4.69) is 10.4 Å². The summed E-state index contributed by atoms with van der Waals surface area (Å²) in [7, 11) is 0. The van der Waals surface area contributed by atoms with Gasteiger partial charge in [-0.05, 0) is 29.0 Å². The van der Waals surface area contributed by atoms with Gasteiger partial charge in [0.15, 0.2) is 11.7 Å². The molecule has 1 amide bonds. The molecule has 0 saturated heterocycles. The molecule has 0 spiro atoms. The van der Waals surface area contributed by atoms with E-state index >= 15 is 0 Å². The van der Waals surface area contributed by atoms with Crippen molar-refractivity contribution >= 4 is 23.1 Å².